The number of likely N-dealkylation sites (tertiary alicyclic amines) is 1. The van der Waals surface area contributed by atoms with Crippen LogP contribution in [-0.4, -0.2) is 30.4 Å². The fourth-order valence-corrected chi connectivity index (χ4v) is 2.25. The van der Waals surface area contributed by atoms with Gasteiger partial charge in [0.05, 0.1) is 0 Å². The van der Waals surface area contributed by atoms with Crippen molar-refractivity contribution in [2.24, 2.45) is 11.7 Å². The van der Waals surface area contributed by atoms with E-state index < -0.39 is 11.6 Å². The lowest BCUT2D eigenvalue weighted by atomic mass is 9.97. The van der Waals surface area contributed by atoms with Gasteiger partial charge in [-0.05, 0) is 43.5 Å². The molecule has 0 aromatic heterocycles. The van der Waals surface area contributed by atoms with Gasteiger partial charge in [0.15, 0.2) is 11.6 Å². The van der Waals surface area contributed by atoms with E-state index in [0.29, 0.717) is 25.6 Å². The van der Waals surface area contributed by atoms with Crippen molar-refractivity contribution in [3.63, 3.8) is 0 Å². The average Bonchev–Trinajstić information content (AvgIpc) is 2.41. The zero-order chi connectivity index (χ0) is 13.1. The van der Waals surface area contributed by atoms with Gasteiger partial charge in [0.1, 0.15) is 0 Å². The number of piperidine rings is 1. The van der Waals surface area contributed by atoms with Crippen molar-refractivity contribution in [2.75, 3.05) is 19.6 Å². The number of hydrogen-bond acceptors (Lipinski definition) is 2. The lowest BCUT2D eigenvalue weighted by Crippen LogP contribution is -2.42. The molecule has 5 heteroatoms. The quantitative estimate of drug-likeness (QED) is 0.874. The summed E-state index contributed by atoms with van der Waals surface area (Å²) in [5, 5.41) is 0. The molecule has 0 spiro atoms. The first kappa shape index (κ1) is 13.0. The van der Waals surface area contributed by atoms with Crippen molar-refractivity contribution in [1.29, 1.82) is 0 Å². The summed E-state index contributed by atoms with van der Waals surface area (Å²) in [5.74, 6) is -1.89. The Bertz CT molecular complexity index is 451. The summed E-state index contributed by atoms with van der Waals surface area (Å²) in [7, 11) is 0. The van der Waals surface area contributed by atoms with Gasteiger partial charge in [-0.2, -0.15) is 0 Å². The smallest absolute Gasteiger partial charge is 0.253 e. The molecule has 1 aromatic carbocycles. The van der Waals surface area contributed by atoms with Gasteiger partial charge in [-0.15, -0.1) is 0 Å². The van der Waals surface area contributed by atoms with E-state index in [0.717, 1.165) is 25.0 Å². The molecule has 1 aliphatic rings. The molecule has 1 atom stereocenters. The van der Waals surface area contributed by atoms with Crippen LogP contribution in [-0.2, 0) is 0 Å². The van der Waals surface area contributed by atoms with Gasteiger partial charge in [0, 0.05) is 18.7 Å². The Morgan fingerprint density at radius 2 is 2.17 bits per heavy atom. The first-order valence-corrected chi connectivity index (χ1v) is 6.06. The highest BCUT2D eigenvalue weighted by molar-refractivity contribution is 5.94. The Morgan fingerprint density at radius 3 is 2.83 bits per heavy atom. The van der Waals surface area contributed by atoms with Crippen LogP contribution in [0.25, 0.3) is 0 Å². The first-order valence-electron chi connectivity index (χ1n) is 6.06. The summed E-state index contributed by atoms with van der Waals surface area (Å²) in [4.78, 5) is 13.8. The summed E-state index contributed by atoms with van der Waals surface area (Å²) < 4.78 is 25.9. The molecule has 3 nitrogen and oxygen atoms in total. The third-order valence-electron chi connectivity index (χ3n) is 3.31. The molecule has 0 radical (unpaired) electrons. The van der Waals surface area contributed by atoms with E-state index >= 15 is 0 Å². The van der Waals surface area contributed by atoms with Gasteiger partial charge in [-0.25, -0.2) is 8.78 Å². The highest BCUT2D eigenvalue weighted by Crippen LogP contribution is 2.18. The van der Waals surface area contributed by atoms with Crippen LogP contribution in [0.5, 0.6) is 0 Å². The highest BCUT2D eigenvalue weighted by atomic mass is 19.2. The lowest BCUT2D eigenvalue weighted by molar-refractivity contribution is 0.0677. The van der Waals surface area contributed by atoms with Crippen LogP contribution in [0.2, 0.25) is 0 Å². The minimum absolute atomic E-state index is 0.187. The van der Waals surface area contributed by atoms with Crippen molar-refractivity contribution in [2.45, 2.75) is 12.8 Å². The largest absolute Gasteiger partial charge is 0.338 e. The fourth-order valence-electron chi connectivity index (χ4n) is 2.25. The molecule has 1 saturated heterocycles. The molecule has 18 heavy (non-hydrogen) atoms. The summed E-state index contributed by atoms with van der Waals surface area (Å²) in [6.07, 6.45) is 1.91. The van der Waals surface area contributed by atoms with Crippen molar-refractivity contribution in [1.82, 2.24) is 4.90 Å². The van der Waals surface area contributed by atoms with E-state index in [1.54, 1.807) is 4.90 Å². The standard InChI is InChI=1S/C13H16F2N2O/c14-11-4-3-10(6-12(11)15)13(18)17-5-1-2-9(7-16)8-17/h3-4,6,9H,1-2,5,7-8,16H2. The van der Waals surface area contributed by atoms with E-state index in [1.807, 2.05) is 0 Å². The van der Waals surface area contributed by atoms with Crippen LogP contribution in [0.1, 0.15) is 23.2 Å². The molecule has 1 aliphatic heterocycles. The Kier molecular flexibility index (Phi) is 3.91. The molecule has 98 valence electrons. The number of nitrogens with zero attached hydrogens (tertiary/aromatic N) is 1. The van der Waals surface area contributed by atoms with Crippen LogP contribution in [0.15, 0.2) is 18.2 Å². The maximum Gasteiger partial charge on any atom is 0.253 e. The van der Waals surface area contributed by atoms with Crippen LogP contribution in [0, 0.1) is 17.6 Å². The predicted octanol–water partition coefficient (Wildman–Crippen LogP) is 1.78. The van der Waals surface area contributed by atoms with Gasteiger partial charge < -0.3 is 10.6 Å². The van der Waals surface area contributed by atoms with Gasteiger partial charge in [0.2, 0.25) is 0 Å². The number of benzene rings is 1. The van der Waals surface area contributed by atoms with Crippen molar-refractivity contribution in [3.05, 3.63) is 35.4 Å². The van der Waals surface area contributed by atoms with E-state index in [-0.39, 0.29) is 11.5 Å². The number of amides is 1. The number of halogens is 2. The molecular weight excluding hydrogens is 238 g/mol. The summed E-state index contributed by atoms with van der Waals surface area (Å²) >= 11 is 0. The third-order valence-corrected chi connectivity index (χ3v) is 3.31. The summed E-state index contributed by atoms with van der Waals surface area (Å²) in [6.45, 7) is 1.78. The Hall–Kier alpha value is -1.49. The van der Waals surface area contributed by atoms with Crippen molar-refractivity contribution < 1.29 is 13.6 Å². The number of carbonyl (C=O) groups excluding carboxylic acids is 1. The topological polar surface area (TPSA) is 46.3 Å². The molecule has 1 aromatic rings. The SMILES string of the molecule is NCC1CCCN(C(=O)c2ccc(F)c(F)c2)C1. The van der Waals surface area contributed by atoms with Crippen LogP contribution in [0.3, 0.4) is 0 Å². The Labute approximate surface area is 105 Å². The van der Waals surface area contributed by atoms with Crippen LogP contribution in [0.4, 0.5) is 8.78 Å². The number of hydrogen-bond donors (Lipinski definition) is 1. The molecule has 0 saturated carbocycles. The molecular formula is C13H16F2N2O. The zero-order valence-electron chi connectivity index (χ0n) is 10.0. The summed E-state index contributed by atoms with van der Waals surface area (Å²) in [5.41, 5.74) is 5.79. The minimum atomic E-state index is -0.992. The first-order chi connectivity index (χ1) is 8.61. The molecule has 1 heterocycles. The van der Waals surface area contributed by atoms with Crippen molar-refractivity contribution >= 4 is 5.91 Å². The third kappa shape index (κ3) is 2.67. The molecule has 2 rings (SSSR count). The van der Waals surface area contributed by atoms with Gasteiger partial charge in [-0.1, -0.05) is 0 Å². The second-order valence-corrected chi connectivity index (χ2v) is 4.62. The molecule has 0 aliphatic carbocycles. The van der Waals surface area contributed by atoms with Crippen molar-refractivity contribution in [3.8, 4) is 0 Å². The number of carbonyl (C=O) groups is 1. The Balaban J connectivity index is 2.12. The molecule has 0 bridgehead atoms. The zero-order valence-corrected chi connectivity index (χ0v) is 10.0. The average molecular weight is 254 g/mol. The normalized spacial score (nSPS) is 19.9. The van der Waals surface area contributed by atoms with E-state index in [4.69, 9.17) is 5.73 Å². The monoisotopic (exact) mass is 254 g/mol. The maximum atomic E-state index is 13.1. The maximum absolute atomic E-state index is 13.1. The molecule has 1 fully saturated rings. The van der Waals surface area contributed by atoms with Gasteiger partial charge in [-0.3, -0.25) is 4.79 Å². The summed E-state index contributed by atoms with van der Waals surface area (Å²) in [6, 6.07) is 3.24. The van der Waals surface area contributed by atoms with E-state index in [9.17, 15) is 13.6 Å². The van der Waals surface area contributed by atoms with E-state index in [1.165, 1.54) is 6.07 Å². The Morgan fingerprint density at radius 1 is 1.39 bits per heavy atom. The number of rotatable bonds is 2. The number of nitrogens with two attached hydrogens (primary N) is 1. The van der Waals surface area contributed by atoms with Crippen LogP contribution >= 0.6 is 0 Å². The highest BCUT2D eigenvalue weighted by Gasteiger charge is 2.24. The molecule has 1 amide bonds. The second-order valence-electron chi connectivity index (χ2n) is 4.62. The molecule has 1 unspecified atom stereocenters. The van der Waals surface area contributed by atoms with E-state index in [2.05, 4.69) is 0 Å². The van der Waals surface area contributed by atoms with Gasteiger partial charge >= 0.3 is 0 Å². The fraction of sp³-hybridized carbons (Fsp3) is 0.462. The lowest BCUT2D eigenvalue weighted by Gasteiger charge is -2.32. The predicted molar refractivity (Wildman–Crippen MR) is 64.0 cm³/mol. The molecule has 2 N–H and O–H groups in total. The second kappa shape index (κ2) is 5.44. The van der Waals surface area contributed by atoms with Crippen LogP contribution < -0.4 is 5.73 Å². The van der Waals surface area contributed by atoms with Gasteiger partial charge in [0.25, 0.3) is 5.91 Å². The minimum Gasteiger partial charge on any atom is -0.338 e.